The molecule has 2 aromatic carbocycles. The summed E-state index contributed by atoms with van der Waals surface area (Å²) in [5.41, 5.74) is 1.85. The molecule has 4 radical (unpaired) electrons. The van der Waals surface area contributed by atoms with Gasteiger partial charge in [0.1, 0.15) is 11.3 Å². The van der Waals surface area contributed by atoms with Gasteiger partial charge in [-0.3, -0.25) is 0 Å². The minimum atomic E-state index is -0.653. The lowest BCUT2D eigenvalue weighted by molar-refractivity contribution is 0.463. The lowest BCUT2D eigenvalue weighted by Gasteiger charge is -2.12. The van der Waals surface area contributed by atoms with Gasteiger partial charge >= 0.3 is 15.9 Å². The second-order valence-electron chi connectivity index (χ2n) is 4.61. The third-order valence-electron chi connectivity index (χ3n) is 3.06. The maximum atomic E-state index is 5.81. The smallest absolute Gasteiger partial charge is 0.616 e. The molecule has 3 nitrogen and oxygen atoms in total. The molecule has 3 aromatic rings. The first kappa shape index (κ1) is 14.1. The Morgan fingerprint density at radius 2 is 1.67 bits per heavy atom. The van der Waals surface area contributed by atoms with Crippen molar-refractivity contribution in [3.63, 3.8) is 0 Å². The second kappa shape index (κ2) is 6.31. The average molecular weight is 305 g/mol. The van der Waals surface area contributed by atoms with Crippen molar-refractivity contribution >= 4 is 42.2 Å². The van der Waals surface area contributed by atoms with Crippen LogP contribution in [0.5, 0.6) is 11.5 Å². The summed E-state index contributed by atoms with van der Waals surface area (Å²) in [6.07, 6.45) is 0. The van der Waals surface area contributed by atoms with Gasteiger partial charge in [-0.2, -0.15) is 0 Å². The summed E-state index contributed by atoms with van der Waals surface area (Å²) in [5.74, 6) is 1.55. The molecule has 1 aromatic heterocycles. The van der Waals surface area contributed by atoms with Crippen molar-refractivity contribution in [3.05, 3.63) is 60.3 Å². The SMILES string of the molecule is Cc1ccc2cccc([O][Al][O]c3ccccc3[Si])c2n1. The van der Waals surface area contributed by atoms with E-state index < -0.39 is 15.9 Å². The Morgan fingerprint density at radius 1 is 0.905 bits per heavy atom. The van der Waals surface area contributed by atoms with Crippen LogP contribution in [0.3, 0.4) is 0 Å². The van der Waals surface area contributed by atoms with Crippen LogP contribution >= 0.6 is 0 Å². The minimum Gasteiger partial charge on any atom is -0.616 e. The fourth-order valence-electron chi connectivity index (χ4n) is 2.01. The highest BCUT2D eigenvalue weighted by Gasteiger charge is 2.10. The van der Waals surface area contributed by atoms with Crippen molar-refractivity contribution in [2.75, 3.05) is 0 Å². The number of nitrogens with zero attached hydrogens (tertiary/aromatic N) is 1. The molecule has 0 N–H and O–H groups in total. The molecule has 0 fully saturated rings. The topological polar surface area (TPSA) is 31.4 Å². The van der Waals surface area contributed by atoms with Crippen molar-refractivity contribution in [2.24, 2.45) is 0 Å². The molecular weight excluding hydrogens is 293 g/mol. The van der Waals surface area contributed by atoms with Crippen LogP contribution < -0.4 is 12.8 Å². The minimum absolute atomic E-state index is 0.653. The van der Waals surface area contributed by atoms with Crippen LogP contribution in [0.1, 0.15) is 5.69 Å². The predicted molar refractivity (Wildman–Crippen MR) is 85.3 cm³/mol. The van der Waals surface area contributed by atoms with Gasteiger partial charge in [-0.05, 0) is 30.3 Å². The van der Waals surface area contributed by atoms with Crippen LogP contribution in [0.2, 0.25) is 0 Å². The summed E-state index contributed by atoms with van der Waals surface area (Å²) in [6, 6.07) is 17.7. The number of benzene rings is 2. The van der Waals surface area contributed by atoms with Crippen LogP contribution in [-0.2, 0) is 0 Å². The largest absolute Gasteiger partial charge is 0.881 e. The molecule has 0 saturated carbocycles. The van der Waals surface area contributed by atoms with E-state index in [9.17, 15) is 0 Å². The van der Waals surface area contributed by atoms with E-state index in [1.165, 1.54) is 0 Å². The zero-order chi connectivity index (χ0) is 14.7. The van der Waals surface area contributed by atoms with Gasteiger partial charge in [0.15, 0.2) is 0 Å². The summed E-state index contributed by atoms with van der Waals surface area (Å²) in [5, 5.41) is 1.98. The standard InChI is InChI=1S/C10H9NO.C6H5OSi.Al/c1-7-5-6-8-3-2-4-9(12)10(8)11-7;7-5-3-1-2-4-6(5)8;/h2-6,12H,1H3;1-4,7H;/q;;+2/p-2. The fraction of sp³-hybridized carbons (Fsp3) is 0.0625. The highest BCUT2D eigenvalue weighted by atomic mass is 28.1. The molecule has 5 heteroatoms. The normalized spacial score (nSPS) is 10.4. The number of rotatable bonds is 4. The highest BCUT2D eigenvalue weighted by Crippen LogP contribution is 2.23. The van der Waals surface area contributed by atoms with Crippen LogP contribution in [0.15, 0.2) is 54.6 Å². The number of aryl methyl sites for hydroxylation is 1. The van der Waals surface area contributed by atoms with Gasteiger partial charge in [-0.1, -0.05) is 36.4 Å². The quantitative estimate of drug-likeness (QED) is 0.693. The first-order valence-corrected chi connectivity index (χ1v) is 8.00. The molecular formula is C16H12AlNO2Si. The maximum Gasteiger partial charge on any atom is 0.881 e. The van der Waals surface area contributed by atoms with Gasteiger partial charge in [-0.25, -0.2) is 4.98 Å². The molecule has 0 atom stereocenters. The summed E-state index contributed by atoms with van der Waals surface area (Å²) >= 11 is -0.653. The molecule has 1 heterocycles. The van der Waals surface area contributed by atoms with Crippen molar-refractivity contribution in [1.29, 1.82) is 0 Å². The van der Waals surface area contributed by atoms with E-state index in [1.54, 1.807) is 0 Å². The Kier molecular flexibility index (Phi) is 4.25. The molecule has 0 bridgehead atoms. The molecule has 100 valence electrons. The zero-order valence-corrected chi connectivity index (χ0v) is 13.7. The summed E-state index contributed by atoms with van der Waals surface area (Å²) in [7, 11) is 3.51. The van der Waals surface area contributed by atoms with Gasteiger partial charge in [0.25, 0.3) is 0 Å². The number of pyridine rings is 1. The molecule has 0 aliphatic heterocycles. The van der Waals surface area contributed by atoms with E-state index in [4.69, 9.17) is 7.58 Å². The fourth-order valence-corrected chi connectivity index (χ4v) is 3.02. The van der Waals surface area contributed by atoms with E-state index in [2.05, 4.69) is 15.2 Å². The third kappa shape index (κ3) is 3.27. The van der Waals surface area contributed by atoms with Crippen molar-refractivity contribution in [1.82, 2.24) is 4.98 Å². The van der Waals surface area contributed by atoms with Crippen molar-refractivity contribution in [3.8, 4) is 11.5 Å². The van der Waals surface area contributed by atoms with E-state index in [1.807, 2.05) is 61.5 Å². The number of hydrogen-bond acceptors (Lipinski definition) is 3. The average Bonchev–Trinajstić information content (AvgIpc) is 2.49. The Labute approximate surface area is 133 Å². The van der Waals surface area contributed by atoms with Crippen molar-refractivity contribution < 1.29 is 7.58 Å². The van der Waals surface area contributed by atoms with Crippen LogP contribution in [-0.4, -0.2) is 31.1 Å². The number of aromatic nitrogens is 1. The van der Waals surface area contributed by atoms with Crippen LogP contribution in [0.25, 0.3) is 10.9 Å². The van der Waals surface area contributed by atoms with E-state index >= 15 is 0 Å². The Morgan fingerprint density at radius 3 is 2.52 bits per heavy atom. The highest BCUT2D eigenvalue weighted by molar-refractivity contribution is 6.35. The molecule has 21 heavy (non-hydrogen) atoms. The van der Waals surface area contributed by atoms with Gasteiger partial charge in [0, 0.05) is 11.1 Å². The molecule has 0 amide bonds. The van der Waals surface area contributed by atoms with Gasteiger partial charge < -0.3 is 7.58 Å². The molecule has 0 spiro atoms. The monoisotopic (exact) mass is 305 g/mol. The lowest BCUT2D eigenvalue weighted by atomic mass is 10.2. The Hall–Kier alpha value is -1.80. The van der Waals surface area contributed by atoms with E-state index in [-0.39, 0.29) is 0 Å². The lowest BCUT2D eigenvalue weighted by Crippen LogP contribution is -2.16. The van der Waals surface area contributed by atoms with E-state index in [0.717, 1.165) is 33.3 Å². The third-order valence-corrected chi connectivity index (χ3v) is 4.17. The van der Waals surface area contributed by atoms with Gasteiger partial charge in [0.05, 0.1) is 16.0 Å². The van der Waals surface area contributed by atoms with Crippen LogP contribution in [0.4, 0.5) is 0 Å². The number of para-hydroxylation sites is 2. The molecule has 0 unspecified atom stereocenters. The molecule has 0 saturated heterocycles. The maximum absolute atomic E-state index is 5.81. The summed E-state index contributed by atoms with van der Waals surface area (Å²) in [6.45, 7) is 1.97. The van der Waals surface area contributed by atoms with Gasteiger partial charge in [-0.15, -0.1) is 0 Å². The first-order valence-electron chi connectivity index (χ1n) is 6.56. The Balaban J connectivity index is 1.77. The second-order valence-corrected chi connectivity index (χ2v) is 5.81. The molecule has 0 aliphatic rings. The van der Waals surface area contributed by atoms with E-state index in [0.29, 0.717) is 0 Å². The summed E-state index contributed by atoms with van der Waals surface area (Å²) < 4.78 is 11.5. The first-order chi connectivity index (χ1) is 10.2. The molecule has 3 rings (SSSR count). The Bertz CT molecular complexity index is 779. The number of fused-ring (bicyclic) bond motifs is 1. The van der Waals surface area contributed by atoms with Gasteiger partial charge in [0.2, 0.25) is 0 Å². The van der Waals surface area contributed by atoms with Crippen LogP contribution in [0, 0.1) is 6.92 Å². The predicted octanol–water partition coefficient (Wildman–Crippen LogP) is 2.33. The zero-order valence-electron chi connectivity index (χ0n) is 11.5. The summed E-state index contributed by atoms with van der Waals surface area (Å²) in [4.78, 5) is 4.54. The number of hydrogen-bond donors (Lipinski definition) is 0. The molecule has 0 aliphatic carbocycles. The van der Waals surface area contributed by atoms with Crippen molar-refractivity contribution in [2.45, 2.75) is 6.92 Å².